The summed E-state index contributed by atoms with van der Waals surface area (Å²) in [5, 5.41) is 3.17. The summed E-state index contributed by atoms with van der Waals surface area (Å²) in [5.41, 5.74) is 0.106. The highest BCUT2D eigenvalue weighted by Crippen LogP contribution is 2.29. The van der Waals surface area contributed by atoms with E-state index in [1.165, 1.54) is 12.1 Å². The van der Waals surface area contributed by atoms with Crippen LogP contribution in [0, 0.1) is 5.82 Å². The third-order valence-corrected chi connectivity index (χ3v) is 3.50. The van der Waals surface area contributed by atoms with Crippen molar-refractivity contribution in [3.05, 3.63) is 35.6 Å². The van der Waals surface area contributed by atoms with Crippen molar-refractivity contribution < 1.29 is 8.78 Å². The van der Waals surface area contributed by atoms with Crippen LogP contribution in [0.5, 0.6) is 0 Å². The molecule has 17 heavy (non-hydrogen) atoms. The summed E-state index contributed by atoms with van der Waals surface area (Å²) in [4.78, 5) is 0. The zero-order chi connectivity index (χ0) is 12.1. The molecule has 1 aromatic rings. The maximum atomic E-state index is 14.2. The van der Waals surface area contributed by atoms with E-state index in [2.05, 4.69) is 5.32 Å². The van der Waals surface area contributed by atoms with Crippen LogP contribution in [-0.2, 0) is 6.42 Å². The molecular formula is C14H19F2N. The van der Waals surface area contributed by atoms with Crippen LogP contribution in [-0.4, -0.2) is 18.8 Å². The van der Waals surface area contributed by atoms with Crippen LogP contribution in [0.2, 0.25) is 0 Å². The Bertz CT molecular complexity index is 342. The number of benzene rings is 1. The Balaban J connectivity index is 1.77. The first-order valence-electron chi connectivity index (χ1n) is 6.32. The van der Waals surface area contributed by atoms with Gasteiger partial charge in [0.05, 0.1) is 0 Å². The van der Waals surface area contributed by atoms with Crippen molar-refractivity contribution in [2.24, 2.45) is 0 Å². The minimum Gasteiger partial charge on any atom is -0.316 e. The molecule has 0 radical (unpaired) electrons. The second kappa shape index (κ2) is 5.58. The molecule has 1 N–H and O–H groups in total. The summed E-state index contributed by atoms with van der Waals surface area (Å²) in [6.07, 6.45) is 3.53. The van der Waals surface area contributed by atoms with Gasteiger partial charge in [0, 0.05) is 0 Å². The van der Waals surface area contributed by atoms with E-state index < -0.39 is 5.67 Å². The number of halogens is 2. The summed E-state index contributed by atoms with van der Waals surface area (Å²) in [6, 6.07) is 6.49. The predicted octanol–water partition coefficient (Wildman–Crippen LogP) is 3.24. The normalized spacial score (nSPS) is 19.2. The van der Waals surface area contributed by atoms with E-state index in [4.69, 9.17) is 0 Å². The van der Waals surface area contributed by atoms with E-state index in [-0.39, 0.29) is 5.82 Å². The molecule has 0 aromatic heterocycles. The molecule has 0 amide bonds. The monoisotopic (exact) mass is 239 g/mol. The highest BCUT2D eigenvalue weighted by Gasteiger charge is 2.30. The van der Waals surface area contributed by atoms with Crippen LogP contribution >= 0.6 is 0 Å². The van der Waals surface area contributed by atoms with Gasteiger partial charge in [-0.1, -0.05) is 12.1 Å². The van der Waals surface area contributed by atoms with Crippen LogP contribution < -0.4 is 5.32 Å². The number of nitrogens with one attached hydrogen (secondary N) is 1. The Morgan fingerprint density at radius 1 is 1.12 bits per heavy atom. The van der Waals surface area contributed by atoms with Gasteiger partial charge in [0.15, 0.2) is 0 Å². The molecule has 94 valence electrons. The van der Waals surface area contributed by atoms with Gasteiger partial charge in [0.25, 0.3) is 0 Å². The first-order chi connectivity index (χ1) is 8.18. The number of piperidine rings is 1. The number of hydrogen-bond donors (Lipinski definition) is 1. The number of hydrogen-bond acceptors (Lipinski definition) is 1. The fraction of sp³-hybridized carbons (Fsp3) is 0.571. The second-order valence-electron chi connectivity index (χ2n) is 4.88. The third-order valence-electron chi connectivity index (χ3n) is 3.50. The van der Waals surface area contributed by atoms with Crippen molar-refractivity contribution in [3.63, 3.8) is 0 Å². The molecule has 1 heterocycles. The topological polar surface area (TPSA) is 12.0 Å². The molecule has 0 unspecified atom stereocenters. The Hall–Kier alpha value is -0.960. The van der Waals surface area contributed by atoms with Gasteiger partial charge in [-0.3, -0.25) is 0 Å². The van der Waals surface area contributed by atoms with Crippen LogP contribution in [0.25, 0.3) is 0 Å². The lowest BCUT2D eigenvalue weighted by atomic mass is 9.88. The molecule has 0 saturated carbocycles. The Morgan fingerprint density at radius 3 is 2.41 bits per heavy atom. The first kappa shape index (κ1) is 12.5. The number of alkyl halides is 1. The molecule has 1 nitrogen and oxygen atoms in total. The number of rotatable bonds is 4. The molecule has 0 atom stereocenters. The standard InChI is InChI=1S/C14H19F2N/c15-13-5-3-12(4-6-13)2-1-7-14(16)8-10-17-11-9-14/h3-6,17H,1-2,7-11H2. The Kier molecular flexibility index (Phi) is 4.11. The lowest BCUT2D eigenvalue weighted by Gasteiger charge is -2.30. The van der Waals surface area contributed by atoms with Gasteiger partial charge in [-0.2, -0.15) is 0 Å². The quantitative estimate of drug-likeness (QED) is 0.850. The molecular weight excluding hydrogens is 220 g/mol. The maximum absolute atomic E-state index is 14.2. The molecule has 2 rings (SSSR count). The SMILES string of the molecule is Fc1ccc(CCCC2(F)CCNCC2)cc1. The smallest absolute Gasteiger partial charge is 0.123 e. The molecule has 0 aliphatic carbocycles. The van der Waals surface area contributed by atoms with E-state index in [0.717, 1.165) is 31.5 Å². The highest BCUT2D eigenvalue weighted by atomic mass is 19.1. The van der Waals surface area contributed by atoms with E-state index >= 15 is 0 Å². The zero-order valence-electron chi connectivity index (χ0n) is 10.0. The molecule has 1 saturated heterocycles. The van der Waals surface area contributed by atoms with Gasteiger partial charge < -0.3 is 5.32 Å². The highest BCUT2D eigenvalue weighted by molar-refractivity contribution is 5.16. The van der Waals surface area contributed by atoms with Crippen molar-refractivity contribution in [2.75, 3.05) is 13.1 Å². The van der Waals surface area contributed by atoms with Crippen LogP contribution in [0.3, 0.4) is 0 Å². The third kappa shape index (κ3) is 3.77. The Morgan fingerprint density at radius 2 is 1.76 bits per heavy atom. The predicted molar refractivity (Wildman–Crippen MR) is 65.3 cm³/mol. The minimum absolute atomic E-state index is 0.214. The fourth-order valence-corrected chi connectivity index (χ4v) is 2.39. The molecule has 0 bridgehead atoms. The summed E-state index contributed by atoms with van der Waals surface area (Å²) < 4.78 is 26.9. The van der Waals surface area contributed by atoms with E-state index in [9.17, 15) is 8.78 Å². The molecule has 1 aromatic carbocycles. The van der Waals surface area contributed by atoms with E-state index in [1.54, 1.807) is 12.1 Å². The maximum Gasteiger partial charge on any atom is 0.123 e. The second-order valence-corrected chi connectivity index (χ2v) is 4.88. The lowest BCUT2D eigenvalue weighted by molar-refractivity contribution is 0.102. The van der Waals surface area contributed by atoms with Gasteiger partial charge in [0.1, 0.15) is 11.5 Å². The van der Waals surface area contributed by atoms with Crippen molar-refractivity contribution in [1.29, 1.82) is 0 Å². The van der Waals surface area contributed by atoms with Crippen molar-refractivity contribution in [1.82, 2.24) is 5.32 Å². The summed E-state index contributed by atoms with van der Waals surface area (Å²) in [5.74, 6) is -0.214. The first-order valence-corrected chi connectivity index (χ1v) is 6.32. The Labute approximate surface area is 101 Å². The average Bonchev–Trinajstić information content (AvgIpc) is 2.32. The molecule has 0 spiro atoms. The van der Waals surface area contributed by atoms with E-state index in [0.29, 0.717) is 19.3 Å². The van der Waals surface area contributed by atoms with Gasteiger partial charge in [-0.05, 0) is 62.9 Å². The van der Waals surface area contributed by atoms with Gasteiger partial charge in [-0.25, -0.2) is 8.78 Å². The number of aryl methyl sites for hydroxylation is 1. The summed E-state index contributed by atoms with van der Waals surface area (Å²) in [7, 11) is 0. The fourth-order valence-electron chi connectivity index (χ4n) is 2.39. The minimum atomic E-state index is -0.981. The largest absolute Gasteiger partial charge is 0.316 e. The van der Waals surface area contributed by atoms with Crippen LogP contribution in [0.15, 0.2) is 24.3 Å². The van der Waals surface area contributed by atoms with Crippen molar-refractivity contribution in [2.45, 2.75) is 37.8 Å². The summed E-state index contributed by atoms with van der Waals surface area (Å²) >= 11 is 0. The van der Waals surface area contributed by atoms with E-state index in [1.807, 2.05) is 0 Å². The molecule has 1 fully saturated rings. The van der Waals surface area contributed by atoms with Crippen molar-refractivity contribution >= 4 is 0 Å². The molecule has 1 aliphatic rings. The van der Waals surface area contributed by atoms with Gasteiger partial charge in [-0.15, -0.1) is 0 Å². The van der Waals surface area contributed by atoms with Gasteiger partial charge >= 0.3 is 0 Å². The van der Waals surface area contributed by atoms with Crippen LogP contribution in [0.4, 0.5) is 8.78 Å². The van der Waals surface area contributed by atoms with Crippen molar-refractivity contribution in [3.8, 4) is 0 Å². The lowest BCUT2D eigenvalue weighted by Crippen LogP contribution is -2.38. The van der Waals surface area contributed by atoms with Crippen LogP contribution in [0.1, 0.15) is 31.2 Å². The molecule has 3 heteroatoms. The summed E-state index contributed by atoms with van der Waals surface area (Å²) in [6.45, 7) is 1.57. The average molecular weight is 239 g/mol. The zero-order valence-corrected chi connectivity index (χ0v) is 10.0. The molecule has 1 aliphatic heterocycles. The van der Waals surface area contributed by atoms with Gasteiger partial charge in [0.2, 0.25) is 0 Å².